The number of nitrogens with zero attached hydrogens (tertiary/aromatic N) is 3. The van der Waals surface area contributed by atoms with Gasteiger partial charge in [0.15, 0.2) is 0 Å². The van der Waals surface area contributed by atoms with Crippen molar-refractivity contribution in [2.24, 2.45) is 0 Å². The molecule has 3 rings (SSSR count). The van der Waals surface area contributed by atoms with Gasteiger partial charge in [-0.2, -0.15) is 0 Å². The molecule has 1 aromatic heterocycles. The maximum absolute atomic E-state index is 12.6. The molecule has 0 aliphatic carbocycles. The van der Waals surface area contributed by atoms with E-state index < -0.39 is 6.04 Å². The summed E-state index contributed by atoms with van der Waals surface area (Å²) in [4.78, 5) is 28.3. The summed E-state index contributed by atoms with van der Waals surface area (Å²) >= 11 is 0. The quantitative estimate of drug-likeness (QED) is 0.809. The zero-order valence-corrected chi connectivity index (χ0v) is 12.0. The number of carbonyl (C=O) groups excluding carboxylic acids is 2. The number of hydrogen-bond acceptors (Lipinski definition) is 4. The summed E-state index contributed by atoms with van der Waals surface area (Å²) in [6.07, 6.45) is 1.68. The molecule has 3 heterocycles. The van der Waals surface area contributed by atoms with E-state index in [9.17, 15) is 9.59 Å². The van der Waals surface area contributed by atoms with E-state index in [0.717, 1.165) is 24.1 Å². The third-order valence-corrected chi connectivity index (χ3v) is 4.44. The number of rotatable bonds is 2. The number of carbonyl (C=O) groups is 2. The molecule has 0 spiro atoms. The van der Waals surface area contributed by atoms with Gasteiger partial charge in [0.1, 0.15) is 17.8 Å². The molecule has 108 valence electrons. The Bertz CT molecular complexity index is 547. The molecule has 1 aromatic rings. The Balaban J connectivity index is 1.89. The molecule has 0 saturated carbocycles. The Kier molecular flexibility index (Phi) is 3.03. The summed E-state index contributed by atoms with van der Waals surface area (Å²) in [6.45, 7) is 6.59. The lowest BCUT2D eigenvalue weighted by atomic mass is 10.0. The van der Waals surface area contributed by atoms with E-state index in [1.807, 2.05) is 13.8 Å². The summed E-state index contributed by atoms with van der Waals surface area (Å²) in [5.41, 5.74) is 1.69. The van der Waals surface area contributed by atoms with Gasteiger partial charge in [0.25, 0.3) is 0 Å². The Hall–Kier alpha value is -1.85. The molecule has 2 unspecified atom stereocenters. The van der Waals surface area contributed by atoms with Crippen LogP contribution in [-0.4, -0.2) is 45.4 Å². The number of piperazine rings is 1. The van der Waals surface area contributed by atoms with Crippen LogP contribution >= 0.6 is 0 Å². The Morgan fingerprint density at radius 1 is 1.30 bits per heavy atom. The van der Waals surface area contributed by atoms with Crippen LogP contribution < -0.4 is 0 Å². The highest BCUT2D eigenvalue weighted by molar-refractivity contribution is 5.97. The molecule has 2 amide bonds. The second-order valence-electron chi connectivity index (χ2n) is 5.63. The first-order valence-corrected chi connectivity index (χ1v) is 7.03. The zero-order valence-electron chi connectivity index (χ0n) is 12.0. The molecule has 0 N–H and O–H groups in total. The van der Waals surface area contributed by atoms with Gasteiger partial charge in [-0.15, -0.1) is 0 Å². The molecule has 2 atom stereocenters. The fourth-order valence-electron chi connectivity index (χ4n) is 3.16. The predicted octanol–water partition coefficient (Wildman–Crippen LogP) is 1.01. The molecule has 2 aliphatic heterocycles. The van der Waals surface area contributed by atoms with Crippen molar-refractivity contribution in [3.05, 3.63) is 17.0 Å². The second-order valence-corrected chi connectivity index (χ2v) is 5.63. The summed E-state index contributed by atoms with van der Waals surface area (Å²) in [5.74, 6) is 0.817. The molecule has 2 saturated heterocycles. The van der Waals surface area contributed by atoms with E-state index in [1.54, 1.807) is 16.7 Å². The van der Waals surface area contributed by atoms with Crippen LogP contribution in [0.3, 0.4) is 0 Å². The smallest absolute Gasteiger partial charge is 0.246 e. The number of aromatic nitrogens is 1. The number of fused-ring (bicyclic) bond motifs is 1. The van der Waals surface area contributed by atoms with Gasteiger partial charge < -0.3 is 14.3 Å². The summed E-state index contributed by atoms with van der Waals surface area (Å²) in [6, 6.07) is -0.676. The molecule has 2 fully saturated rings. The van der Waals surface area contributed by atoms with Crippen molar-refractivity contribution in [2.45, 2.75) is 52.2 Å². The average Bonchev–Trinajstić information content (AvgIpc) is 3.02. The van der Waals surface area contributed by atoms with Crippen LogP contribution in [0.4, 0.5) is 0 Å². The van der Waals surface area contributed by atoms with Crippen molar-refractivity contribution in [3.8, 4) is 0 Å². The fraction of sp³-hybridized carbons (Fsp3) is 0.643. The van der Waals surface area contributed by atoms with E-state index in [4.69, 9.17) is 4.52 Å². The molecule has 6 heteroatoms. The van der Waals surface area contributed by atoms with E-state index in [1.165, 1.54) is 0 Å². The van der Waals surface area contributed by atoms with Crippen molar-refractivity contribution < 1.29 is 14.1 Å². The molecular weight excluding hydrogens is 258 g/mol. The lowest BCUT2D eigenvalue weighted by molar-refractivity contribution is -0.159. The third-order valence-electron chi connectivity index (χ3n) is 4.44. The highest BCUT2D eigenvalue weighted by atomic mass is 16.5. The molecule has 2 aliphatic rings. The van der Waals surface area contributed by atoms with Gasteiger partial charge in [0.2, 0.25) is 11.8 Å². The van der Waals surface area contributed by atoms with Crippen molar-refractivity contribution in [1.29, 1.82) is 0 Å². The molecule has 0 aromatic carbocycles. The largest absolute Gasteiger partial charge is 0.361 e. The standard InChI is InChI=1S/C14H19N3O3/c1-8-11(10(3)20-15-8)7-17-9(2)13(18)16-6-4-5-12(16)14(17)19/h9,12H,4-7H2,1-3H3. The minimum atomic E-state index is -0.412. The number of hydrogen-bond donors (Lipinski definition) is 0. The molecular formula is C14H19N3O3. The van der Waals surface area contributed by atoms with Crippen LogP contribution in [0, 0.1) is 13.8 Å². The van der Waals surface area contributed by atoms with Gasteiger partial charge >= 0.3 is 0 Å². The maximum Gasteiger partial charge on any atom is 0.246 e. The minimum Gasteiger partial charge on any atom is -0.361 e. The van der Waals surface area contributed by atoms with Crippen LogP contribution in [-0.2, 0) is 16.1 Å². The van der Waals surface area contributed by atoms with Gasteiger partial charge in [0.05, 0.1) is 12.2 Å². The Morgan fingerprint density at radius 3 is 2.70 bits per heavy atom. The SMILES string of the molecule is Cc1noc(C)c1CN1C(=O)C2CCCN2C(=O)C1C. The molecule has 0 bridgehead atoms. The third kappa shape index (κ3) is 1.82. The normalized spacial score (nSPS) is 26.4. The lowest BCUT2D eigenvalue weighted by Crippen LogP contribution is -2.61. The lowest BCUT2D eigenvalue weighted by Gasteiger charge is -2.40. The predicted molar refractivity (Wildman–Crippen MR) is 70.7 cm³/mol. The zero-order chi connectivity index (χ0) is 14.4. The Morgan fingerprint density at radius 2 is 2.05 bits per heavy atom. The van der Waals surface area contributed by atoms with Gasteiger partial charge in [0, 0.05) is 12.1 Å². The molecule has 0 radical (unpaired) electrons. The molecule has 20 heavy (non-hydrogen) atoms. The molecule has 6 nitrogen and oxygen atoms in total. The van der Waals surface area contributed by atoms with E-state index >= 15 is 0 Å². The van der Waals surface area contributed by atoms with Crippen LogP contribution in [0.2, 0.25) is 0 Å². The van der Waals surface area contributed by atoms with E-state index in [-0.39, 0.29) is 17.9 Å². The average molecular weight is 277 g/mol. The van der Waals surface area contributed by atoms with Crippen molar-refractivity contribution in [1.82, 2.24) is 15.0 Å². The maximum atomic E-state index is 12.6. The summed E-state index contributed by atoms with van der Waals surface area (Å²) in [5, 5.41) is 3.91. The monoisotopic (exact) mass is 277 g/mol. The number of amides is 2. The Labute approximate surface area is 117 Å². The van der Waals surface area contributed by atoms with Crippen LogP contribution in [0.5, 0.6) is 0 Å². The summed E-state index contributed by atoms with van der Waals surface area (Å²) in [7, 11) is 0. The highest BCUT2D eigenvalue weighted by Crippen LogP contribution is 2.28. The van der Waals surface area contributed by atoms with Gasteiger partial charge in [-0.3, -0.25) is 9.59 Å². The first-order chi connectivity index (χ1) is 9.50. The number of aryl methyl sites for hydroxylation is 2. The van der Waals surface area contributed by atoms with E-state index in [2.05, 4.69) is 5.16 Å². The van der Waals surface area contributed by atoms with Gasteiger partial charge in [-0.05, 0) is 33.6 Å². The summed E-state index contributed by atoms with van der Waals surface area (Å²) < 4.78 is 5.14. The van der Waals surface area contributed by atoms with Crippen molar-refractivity contribution >= 4 is 11.8 Å². The minimum absolute atomic E-state index is 0.0506. The fourth-order valence-corrected chi connectivity index (χ4v) is 3.16. The van der Waals surface area contributed by atoms with Gasteiger partial charge in [-0.1, -0.05) is 5.16 Å². The highest BCUT2D eigenvalue weighted by Gasteiger charge is 2.46. The first-order valence-electron chi connectivity index (χ1n) is 7.03. The van der Waals surface area contributed by atoms with Crippen LogP contribution in [0.15, 0.2) is 4.52 Å². The van der Waals surface area contributed by atoms with Crippen LogP contribution in [0.1, 0.15) is 36.8 Å². The topological polar surface area (TPSA) is 66.7 Å². The van der Waals surface area contributed by atoms with Crippen molar-refractivity contribution in [3.63, 3.8) is 0 Å². The van der Waals surface area contributed by atoms with Crippen LogP contribution in [0.25, 0.3) is 0 Å². The second kappa shape index (κ2) is 4.61. The first kappa shape index (κ1) is 13.1. The van der Waals surface area contributed by atoms with Gasteiger partial charge in [-0.25, -0.2) is 0 Å². The van der Waals surface area contributed by atoms with Crippen molar-refractivity contribution in [2.75, 3.05) is 6.54 Å². The van der Waals surface area contributed by atoms with E-state index in [0.29, 0.717) is 18.8 Å².